The van der Waals surface area contributed by atoms with Gasteiger partial charge in [-0.2, -0.15) is 13.2 Å². The summed E-state index contributed by atoms with van der Waals surface area (Å²) in [6.45, 7) is -0.935. The molecule has 0 radical (unpaired) electrons. The molecule has 0 amide bonds. The number of carbonyl (C=O) groups excluding carboxylic acids is 1. The van der Waals surface area contributed by atoms with E-state index < -0.39 is 40.9 Å². The van der Waals surface area contributed by atoms with Gasteiger partial charge in [0.25, 0.3) is 0 Å². The van der Waals surface area contributed by atoms with Gasteiger partial charge in [0.2, 0.25) is 5.43 Å². The standard InChI is InChI=1S/C18H11F3O5/c19-18(20,21)13-6-11(25-9-15(22)23)7-14-16(13)17(24)12(8-26-14)10-4-2-1-3-5-10/h1-8H,9H2,(H,22,23)/p-1. The molecule has 1 heterocycles. The summed E-state index contributed by atoms with van der Waals surface area (Å²) in [5, 5.41) is 9.79. The Hall–Kier alpha value is -3.29. The number of ether oxygens (including phenoxy) is 1. The van der Waals surface area contributed by atoms with Gasteiger partial charge in [-0.3, -0.25) is 4.79 Å². The molecule has 0 saturated heterocycles. The second-order valence-electron chi connectivity index (χ2n) is 5.35. The number of aliphatic carboxylic acids is 1. The molecule has 0 N–H and O–H groups in total. The lowest BCUT2D eigenvalue weighted by atomic mass is 10.0. The highest BCUT2D eigenvalue weighted by Gasteiger charge is 2.35. The molecule has 0 atom stereocenters. The second kappa shape index (κ2) is 6.55. The van der Waals surface area contributed by atoms with Crippen LogP contribution in [0.3, 0.4) is 0 Å². The topological polar surface area (TPSA) is 79.6 Å². The molecule has 8 heteroatoms. The maximum atomic E-state index is 13.4. The number of halogens is 3. The Labute approximate surface area is 144 Å². The smallest absolute Gasteiger partial charge is 0.417 e. The van der Waals surface area contributed by atoms with Crippen LogP contribution < -0.4 is 15.3 Å². The van der Waals surface area contributed by atoms with E-state index >= 15 is 0 Å². The average Bonchev–Trinajstić information content (AvgIpc) is 2.59. The Morgan fingerprint density at radius 1 is 1.15 bits per heavy atom. The third-order valence-electron chi connectivity index (χ3n) is 3.60. The predicted molar refractivity (Wildman–Crippen MR) is 83.4 cm³/mol. The lowest BCUT2D eigenvalue weighted by molar-refractivity contribution is -0.307. The largest absolute Gasteiger partial charge is 0.546 e. The minimum atomic E-state index is -4.87. The first kappa shape index (κ1) is 17.5. The van der Waals surface area contributed by atoms with E-state index in [1.165, 1.54) is 0 Å². The van der Waals surface area contributed by atoms with Crippen molar-refractivity contribution in [1.82, 2.24) is 0 Å². The third kappa shape index (κ3) is 3.39. The number of benzene rings is 2. The molecule has 134 valence electrons. The summed E-state index contributed by atoms with van der Waals surface area (Å²) in [5.74, 6) is -2.00. The average molecular weight is 363 g/mol. The van der Waals surface area contributed by atoms with Gasteiger partial charge in [-0.1, -0.05) is 30.3 Å². The molecule has 2 aromatic carbocycles. The Balaban J connectivity index is 2.25. The van der Waals surface area contributed by atoms with Crippen LogP contribution in [-0.4, -0.2) is 12.6 Å². The van der Waals surface area contributed by atoms with Crippen LogP contribution in [0, 0.1) is 0 Å². The van der Waals surface area contributed by atoms with Crippen molar-refractivity contribution in [2.75, 3.05) is 6.61 Å². The van der Waals surface area contributed by atoms with E-state index in [0.29, 0.717) is 11.6 Å². The molecule has 1 aromatic heterocycles. The van der Waals surface area contributed by atoms with Crippen LogP contribution in [0.2, 0.25) is 0 Å². The van der Waals surface area contributed by atoms with Crippen LogP contribution in [0.1, 0.15) is 5.56 Å². The van der Waals surface area contributed by atoms with Gasteiger partial charge in [-0.25, -0.2) is 0 Å². The van der Waals surface area contributed by atoms with E-state index in [9.17, 15) is 27.9 Å². The molecule has 0 saturated carbocycles. The van der Waals surface area contributed by atoms with Gasteiger partial charge in [-0.05, 0) is 11.6 Å². The molecular weight excluding hydrogens is 353 g/mol. The number of hydrogen-bond acceptors (Lipinski definition) is 5. The highest BCUT2D eigenvalue weighted by Crippen LogP contribution is 2.37. The van der Waals surface area contributed by atoms with Crippen molar-refractivity contribution < 1.29 is 32.2 Å². The van der Waals surface area contributed by atoms with Gasteiger partial charge in [0, 0.05) is 6.07 Å². The molecule has 0 spiro atoms. The Morgan fingerprint density at radius 2 is 1.85 bits per heavy atom. The summed E-state index contributed by atoms with van der Waals surface area (Å²) in [4.78, 5) is 23.1. The first-order valence-corrected chi connectivity index (χ1v) is 7.32. The molecule has 0 aliphatic carbocycles. The molecule has 0 fully saturated rings. The van der Waals surface area contributed by atoms with E-state index in [-0.39, 0.29) is 11.1 Å². The van der Waals surface area contributed by atoms with Crippen LogP contribution in [0.25, 0.3) is 22.1 Å². The van der Waals surface area contributed by atoms with Gasteiger partial charge in [0.05, 0.1) is 22.5 Å². The minimum Gasteiger partial charge on any atom is -0.546 e. The summed E-state index contributed by atoms with van der Waals surface area (Å²) in [5.41, 5.74) is -2.09. The van der Waals surface area contributed by atoms with Crippen molar-refractivity contribution in [1.29, 1.82) is 0 Å². The van der Waals surface area contributed by atoms with Crippen LogP contribution in [0.4, 0.5) is 13.2 Å². The number of rotatable bonds is 4. The zero-order chi connectivity index (χ0) is 18.9. The Morgan fingerprint density at radius 3 is 2.46 bits per heavy atom. The fourth-order valence-electron chi connectivity index (χ4n) is 2.49. The summed E-state index contributed by atoms with van der Waals surface area (Å²) in [6.07, 6.45) is -3.81. The maximum Gasteiger partial charge on any atom is 0.417 e. The number of hydrogen-bond donors (Lipinski definition) is 0. The summed E-state index contributed by atoms with van der Waals surface area (Å²) < 4.78 is 50.3. The Bertz CT molecular complexity index is 1020. The van der Waals surface area contributed by atoms with Gasteiger partial charge in [0.1, 0.15) is 24.2 Å². The van der Waals surface area contributed by atoms with Crippen LogP contribution in [0.15, 0.2) is 57.9 Å². The lowest BCUT2D eigenvalue weighted by Gasteiger charge is -2.14. The lowest BCUT2D eigenvalue weighted by Crippen LogP contribution is -2.29. The summed E-state index contributed by atoms with van der Waals surface area (Å²) >= 11 is 0. The van der Waals surface area contributed by atoms with Crippen LogP contribution >= 0.6 is 0 Å². The molecule has 0 unspecified atom stereocenters. The fourth-order valence-corrected chi connectivity index (χ4v) is 2.49. The quantitative estimate of drug-likeness (QED) is 0.712. The normalized spacial score (nSPS) is 11.5. The van der Waals surface area contributed by atoms with E-state index in [0.717, 1.165) is 12.3 Å². The van der Waals surface area contributed by atoms with Gasteiger partial charge in [-0.15, -0.1) is 0 Å². The second-order valence-corrected chi connectivity index (χ2v) is 5.35. The number of alkyl halides is 3. The highest BCUT2D eigenvalue weighted by molar-refractivity contribution is 5.86. The van der Waals surface area contributed by atoms with Crippen LogP contribution in [-0.2, 0) is 11.0 Å². The molecule has 26 heavy (non-hydrogen) atoms. The van der Waals surface area contributed by atoms with E-state index in [2.05, 4.69) is 0 Å². The zero-order valence-corrected chi connectivity index (χ0v) is 13.0. The Kier molecular flexibility index (Phi) is 4.41. The summed E-state index contributed by atoms with van der Waals surface area (Å²) in [7, 11) is 0. The van der Waals surface area contributed by atoms with Crippen molar-refractivity contribution in [3.63, 3.8) is 0 Å². The summed E-state index contributed by atoms with van der Waals surface area (Å²) in [6, 6.07) is 9.72. The van der Waals surface area contributed by atoms with Gasteiger partial charge >= 0.3 is 6.18 Å². The van der Waals surface area contributed by atoms with Gasteiger partial charge in [0.15, 0.2) is 0 Å². The first-order chi connectivity index (χ1) is 12.3. The van der Waals surface area contributed by atoms with Crippen molar-refractivity contribution in [3.8, 4) is 16.9 Å². The predicted octanol–water partition coefficient (Wildman–Crippen LogP) is 2.61. The molecule has 3 rings (SSSR count). The van der Waals surface area contributed by atoms with Crippen molar-refractivity contribution >= 4 is 16.9 Å². The monoisotopic (exact) mass is 363 g/mol. The molecule has 0 bridgehead atoms. The number of carboxylic acid groups (broad SMARTS) is 1. The minimum absolute atomic E-state index is 0.0213. The fraction of sp³-hybridized carbons (Fsp3) is 0.111. The van der Waals surface area contributed by atoms with Crippen molar-refractivity contribution in [2.24, 2.45) is 0 Å². The molecule has 3 aromatic rings. The van der Waals surface area contributed by atoms with E-state index in [1.807, 2.05) is 0 Å². The first-order valence-electron chi connectivity index (χ1n) is 7.32. The number of carboxylic acids is 1. The number of fused-ring (bicyclic) bond motifs is 1. The van der Waals surface area contributed by atoms with Crippen molar-refractivity contribution in [2.45, 2.75) is 6.18 Å². The van der Waals surface area contributed by atoms with E-state index in [1.54, 1.807) is 30.3 Å². The highest BCUT2D eigenvalue weighted by atomic mass is 19.4. The zero-order valence-electron chi connectivity index (χ0n) is 13.0. The van der Waals surface area contributed by atoms with Crippen LogP contribution in [0.5, 0.6) is 5.75 Å². The molecule has 5 nitrogen and oxygen atoms in total. The van der Waals surface area contributed by atoms with E-state index in [4.69, 9.17) is 9.15 Å². The molecule has 0 aliphatic heterocycles. The number of carbonyl (C=O) groups is 1. The maximum absolute atomic E-state index is 13.4. The van der Waals surface area contributed by atoms with Gasteiger partial charge < -0.3 is 19.1 Å². The van der Waals surface area contributed by atoms with Crippen molar-refractivity contribution in [3.05, 3.63) is 64.5 Å². The molecular formula is C18H10F3O5-. The SMILES string of the molecule is O=C([O-])COc1cc(C(F)(F)F)c2c(=O)c(-c3ccccc3)coc2c1. The molecule has 0 aliphatic rings. The third-order valence-corrected chi connectivity index (χ3v) is 3.60.